The number of hydrogen-bond acceptors (Lipinski definition) is 3. The molecule has 0 saturated carbocycles. The fourth-order valence-electron chi connectivity index (χ4n) is 0.184. The Balaban J connectivity index is 3.45. The normalized spacial score (nSPS) is 7.75. The molecule has 0 bridgehead atoms. The molecule has 0 aliphatic carbocycles. The average Bonchev–Trinajstić information content (AvgIpc) is 1.61. The Bertz CT molecular complexity index is 111. The minimum absolute atomic E-state index is 0.367. The van der Waals surface area contributed by atoms with Gasteiger partial charge in [-0.2, -0.15) is 5.10 Å². The molecule has 0 unspecified atom stereocenters. The molecule has 0 aromatic rings. The Morgan fingerprint density at radius 2 is 2.12 bits per heavy atom. The van der Waals surface area contributed by atoms with Crippen LogP contribution in [0.3, 0.4) is 0 Å². The Kier molecular flexibility index (Phi) is 2.69. The fourth-order valence-corrected chi connectivity index (χ4v) is 0.184. The Morgan fingerprint density at radius 1 is 1.62 bits per heavy atom. The highest BCUT2D eigenvalue weighted by molar-refractivity contribution is 5.78. The summed E-state index contributed by atoms with van der Waals surface area (Å²) in [4.78, 5) is 0. The molecule has 0 saturated heterocycles. The third-order valence-electron chi connectivity index (χ3n) is 0.423. The number of nitrogens with one attached hydrogen (secondary N) is 1. The van der Waals surface area contributed by atoms with Crippen molar-refractivity contribution in [1.29, 1.82) is 0 Å². The molecule has 3 heteroatoms. The SMILES string of the molecule is C=C(N)NN=C(C)C. The lowest BCUT2D eigenvalue weighted by Crippen LogP contribution is -2.13. The third kappa shape index (κ3) is 5.01. The van der Waals surface area contributed by atoms with E-state index in [4.69, 9.17) is 5.73 Å². The van der Waals surface area contributed by atoms with Gasteiger partial charge < -0.3 is 5.73 Å². The first-order valence-electron chi connectivity index (χ1n) is 2.34. The van der Waals surface area contributed by atoms with Crippen molar-refractivity contribution in [3.8, 4) is 0 Å². The molecule has 0 aliphatic rings. The molecule has 0 atom stereocenters. The largest absolute Gasteiger partial charge is 0.385 e. The molecule has 46 valence electrons. The van der Waals surface area contributed by atoms with E-state index in [9.17, 15) is 0 Å². The highest BCUT2D eigenvalue weighted by Crippen LogP contribution is 1.71. The molecule has 0 aliphatic heterocycles. The third-order valence-corrected chi connectivity index (χ3v) is 0.423. The monoisotopic (exact) mass is 113 g/mol. The molecule has 0 aromatic heterocycles. The quantitative estimate of drug-likeness (QED) is 0.402. The Morgan fingerprint density at radius 3 is 2.25 bits per heavy atom. The molecule has 0 spiro atoms. The average molecular weight is 113 g/mol. The highest BCUT2D eigenvalue weighted by atomic mass is 15.3. The van der Waals surface area contributed by atoms with Gasteiger partial charge in [0.1, 0.15) is 5.82 Å². The second-order valence-corrected chi connectivity index (χ2v) is 1.70. The molecule has 3 nitrogen and oxygen atoms in total. The van der Waals surface area contributed by atoms with Crippen molar-refractivity contribution in [2.75, 3.05) is 0 Å². The molecular weight excluding hydrogens is 102 g/mol. The van der Waals surface area contributed by atoms with Crippen LogP contribution in [0.5, 0.6) is 0 Å². The summed E-state index contributed by atoms with van der Waals surface area (Å²) in [7, 11) is 0. The molecule has 0 aromatic carbocycles. The molecule has 0 rings (SSSR count). The van der Waals surface area contributed by atoms with E-state index in [1.54, 1.807) is 0 Å². The molecular formula is C5H11N3. The molecule has 0 heterocycles. The van der Waals surface area contributed by atoms with Crippen LogP contribution in [0.1, 0.15) is 13.8 Å². The summed E-state index contributed by atoms with van der Waals surface area (Å²) in [6.07, 6.45) is 0. The second kappa shape index (κ2) is 3.07. The first-order chi connectivity index (χ1) is 3.63. The van der Waals surface area contributed by atoms with Crippen LogP contribution in [0.4, 0.5) is 0 Å². The second-order valence-electron chi connectivity index (χ2n) is 1.70. The summed E-state index contributed by atoms with van der Waals surface area (Å²) >= 11 is 0. The molecule has 3 N–H and O–H groups in total. The van der Waals surface area contributed by atoms with E-state index in [2.05, 4.69) is 17.1 Å². The van der Waals surface area contributed by atoms with Gasteiger partial charge in [-0.1, -0.05) is 6.58 Å². The van der Waals surface area contributed by atoms with Crippen LogP contribution in [0, 0.1) is 0 Å². The zero-order valence-electron chi connectivity index (χ0n) is 5.23. The van der Waals surface area contributed by atoms with Crippen LogP contribution in [0.2, 0.25) is 0 Å². The van der Waals surface area contributed by atoms with Gasteiger partial charge in [-0.25, -0.2) is 0 Å². The van der Waals surface area contributed by atoms with Crippen molar-refractivity contribution in [2.45, 2.75) is 13.8 Å². The van der Waals surface area contributed by atoms with Gasteiger partial charge in [0.2, 0.25) is 0 Å². The van der Waals surface area contributed by atoms with Crippen molar-refractivity contribution in [2.24, 2.45) is 10.8 Å². The van der Waals surface area contributed by atoms with Crippen LogP contribution in [-0.2, 0) is 0 Å². The molecule has 0 amide bonds. The van der Waals surface area contributed by atoms with Crippen LogP contribution >= 0.6 is 0 Å². The number of hydrogen-bond donors (Lipinski definition) is 2. The maximum absolute atomic E-state index is 5.13. The number of rotatable bonds is 2. The van der Waals surface area contributed by atoms with E-state index < -0.39 is 0 Å². The van der Waals surface area contributed by atoms with E-state index in [1.165, 1.54) is 0 Å². The minimum atomic E-state index is 0.367. The van der Waals surface area contributed by atoms with Gasteiger partial charge in [0.15, 0.2) is 0 Å². The fraction of sp³-hybridized carbons (Fsp3) is 0.400. The molecule has 8 heavy (non-hydrogen) atoms. The van der Waals surface area contributed by atoms with Crippen molar-refractivity contribution in [3.63, 3.8) is 0 Å². The van der Waals surface area contributed by atoms with E-state index >= 15 is 0 Å². The van der Waals surface area contributed by atoms with Crippen LogP contribution in [0.15, 0.2) is 17.5 Å². The zero-order valence-corrected chi connectivity index (χ0v) is 5.23. The van der Waals surface area contributed by atoms with Crippen molar-refractivity contribution < 1.29 is 0 Å². The van der Waals surface area contributed by atoms with Crippen molar-refractivity contribution in [3.05, 3.63) is 12.4 Å². The number of nitrogens with two attached hydrogens (primary N) is 1. The van der Waals surface area contributed by atoms with Gasteiger partial charge in [-0.15, -0.1) is 0 Å². The summed E-state index contributed by atoms with van der Waals surface area (Å²) < 4.78 is 0. The Labute approximate surface area is 49.3 Å². The summed E-state index contributed by atoms with van der Waals surface area (Å²) in [6.45, 7) is 7.13. The lowest BCUT2D eigenvalue weighted by molar-refractivity contribution is 0.873. The smallest absolute Gasteiger partial charge is 0.109 e. The lowest BCUT2D eigenvalue weighted by Gasteiger charge is -1.95. The van der Waals surface area contributed by atoms with Gasteiger partial charge in [0, 0.05) is 5.71 Å². The Hall–Kier alpha value is -0.990. The van der Waals surface area contributed by atoms with E-state index in [1.807, 2.05) is 13.8 Å². The standard InChI is InChI=1S/C5H11N3/c1-4(2)7-8-5(3)6/h8H,3,6H2,1-2H3. The highest BCUT2D eigenvalue weighted by Gasteiger charge is 1.76. The predicted octanol–water partition coefficient (Wildman–Crippen LogP) is 0.402. The van der Waals surface area contributed by atoms with Gasteiger partial charge in [0.25, 0.3) is 0 Å². The van der Waals surface area contributed by atoms with Gasteiger partial charge >= 0.3 is 0 Å². The maximum atomic E-state index is 5.13. The maximum Gasteiger partial charge on any atom is 0.109 e. The van der Waals surface area contributed by atoms with Crippen molar-refractivity contribution >= 4 is 5.71 Å². The van der Waals surface area contributed by atoms with Crippen LogP contribution in [0.25, 0.3) is 0 Å². The lowest BCUT2D eigenvalue weighted by atomic mass is 10.5. The molecule has 0 fully saturated rings. The van der Waals surface area contributed by atoms with Crippen LogP contribution < -0.4 is 11.2 Å². The van der Waals surface area contributed by atoms with E-state index in [-0.39, 0.29) is 0 Å². The van der Waals surface area contributed by atoms with E-state index in [0.29, 0.717) is 5.82 Å². The van der Waals surface area contributed by atoms with Crippen LogP contribution in [-0.4, -0.2) is 5.71 Å². The first-order valence-corrected chi connectivity index (χ1v) is 2.34. The summed E-state index contributed by atoms with van der Waals surface area (Å²) in [5.74, 6) is 0.367. The summed E-state index contributed by atoms with van der Waals surface area (Å²) in [6, 6.07) is 0. The summed E-state index contributed by atoms with van der Waals surface area (Å²) in [5, 5.41) is 3.77. The van der Waals surface area contributed by atoms with Gasteiger partial charge in [0.05, 0.1) is 0 Å². The topological polar surface area (TPSA) is 50.4 Å². The van der Waals surface area contributed by atoms with E-state index in [0.717, 1.165) is 5.71 Å². The van der Waals surface area contributed by atoms with Crippen molar-refractivity contribution in [1.82, 2.24) is 5.43 Å². The number of nitrogens with zero attached hydrogens (tertiary/aromatic N) is 1. The number of hydrazone groups is 1. The predicted molar refractivity (Wildman–Crippen MR) is 35.2 cm³/mol. The zero-order chi connectivity index (χ0) is 6.57. The van der Waals surface area contributed by atoms with Gasteiger partial charge in [-0.3, -0.25) is 5.43 Å². The molecule has 0 radical (unpaired) electrons. The first kappa shape index (κ1) is 7.01. The minimum Gasteiger partial charge on any atom is -0.385 e. The summed E-state index contributed by atoms with van der Waals surface area (Å²) in [5.41, 5.74) is 8.57. The van der Waals surface area contributed by atoms with Gasteiger partial charge in [-0.05, 0) is 13.8 Å².